The number of aliphatic hydroxyl groups excluding tert-OH is 2. The number of ketones is 2. The van der Waals surface area contributed by atoms with Crippen molar-refractivity contribution in [3.63, 3.8) is 0 Å². The first kappa shape index (κ1) is 30.5. The van der Waals surface area contributed by atoms with Crippen LogP contribution in [-0.2, 0) is 33.7 Å². The molecule has 0 radical (unpaired) electrons. The van der Waals surface area contributed by atoms with Gasteiger partial charge in [-0.2, -0.15) is 0 Å². The topological polar surface area (TPSA) is 183 Å². The molecule has 41 heavy (non-hydrogen) atoms. The summed E-state index contributed by atoms with van der Waals surface area (Å²) in [5.41, 5.74) is 7.19. The number of benzene rings is 1. The standard InChI is InChI=1S/C29H40N4O8/c1-4-15-9-17(13-31-29(40)33-5-7-41-8-6-33)18-10-16-11-19(20(14-34)32(2)3)24(21(35)12-22(30)36)27(38)23(16)28(39)25(18)26(15)37/h9,16,19-20,24,34,37-38H,4-8,10-14H2,1-3H3,(H2,30,36)(H,31,40). The van der Waals surface area contributed by atoms with E-state index in [2.05, 4.69) is 5.32 Å². The maximum atomic E-state index is 14.0. The van der Waals surface area contributed by atoms with E-state index in [-0.39, 0.29) is 48.9 Å². The molecule has 0 aromatic heterocycles. The zero-order chi connectivity index (χ0) is 30.0. The van der Waals surface area contributed by atoms with Crippen molar-refractivity contribution in [3.05, 3.63) is 39.7 Å². The molecule has 224 valence electrons. The molecular weight excluding hydrogens is 532 g/mol. The number of allylic oxidation sites excluding steroid dienone is 2. The Morgan fingerprint density at radius 1 is 1.20 bits per heavy atom. The van der Waals surface area contributed by atoms with Gasteiger partial charge in [-0.1, -0.05) is 13.0 Å². The molecule has 1 aliphatic heterocycles. The van der Waals surface area contributed by atoms with E-state index in [0.717, 1.165) is 0 Å². The molecular formula is C29H40N4O8. The molecule has 0 spiro atoms. The van der Waals surface area contributed by atoms with E-state index in [1.165, 1.54) is 0 Å². The van der Waals surface area contributed by atoms with Gasteiger partial charge in [-0.25, -0.2) is 4.79 Å². The number of hydrogen-bond donors (Lipinski definition) is 5. The molecule has 0 saturated carbocycles. The molecule has 12 nitrogen and oxygen atoms in total. The molecule has 0 bridgehead atoms. The Labute approximate surface area is 239 Å². The largest absolute Gasteiger partial charge is 0.511 e. The summed E-state index contributed by atoms with van der Waals surface area (Å²) in [4.78, 5) is 55.0. The molecule has 1 aromatic rings. The lowest BCUT2D eigenvalue weighted by Gasteiger charge is -2.43. The second-order valence-corrected chi connectivity index (χ2v) is 11.2. The van der Waals surface area contributed by atoms with Gasteiger partial charge in [0.1, 0.15) is 11.5 Å². The lowest BCUT2D eigenvalue weighted by Crippen LogP contribution is -2.49. The van der Waals surface area contributed by atoms with Crippen LogP contribution in [-0.4, -0.2) is 102 Å². The van der Waals surface area contributed by atoms with Crippen LogP contribution >= 0.6 is 0 Å². The lowest BCUT2D eigenvalue weighted by atomic mass is 9.63. The molecule has 6 N–H and O–H groups in total. The Balaban J connectivity index is 1.76. The minimum absolute atomic E-state index is 0.0406. The number of phenolic OH excluding ortho intramolecular Hbond substituents is 1. The Bertz CT molecular complexity index is 1250. The van der Waals surface area contributed by atoms with Gasteiger partial charge in [-0.05, 0) is 61.9 Å². The first-order valence-electron chi connectivity index (χ1n) is 14.0. The highest BCUT2D eigenvalue weighted by molar-refractivity contribution is 6.14. The molecule has 4 rings (SSSR count). The fraction of sp³-hybridized carbons (Fsp3) is 0.586. The van der Waals surface area contributed by atoms with E-state index in [9.17, 15) is 34.5 Å². The monoisotopic (exact) mass is 572 g/mol. The van der Waals surface area contributed by atoms with Crippen LogP contribution in [0.4, 0.5) is 4.79 Å². The molecule has 4 unspecified atom stereocenters. The number of amides is 3. The van der Waals surface area contributed by atoms with Crippen LogP contribution in [0.25, 0.3) is 0 Å². The van der Waals surface area contributed by atoms with E-state index < -0.39 is 53.4 Å². The van der Waals surface area contributed by atoms with Gasteiger partial charge in [-0.3, -0.25) is 14.4 Å². The number of phenols is 1. The predicted molar refractivity (Wildman–Crippen MR) is 148 cm³/mol. The zero-order valence-electron chi connectivity index (χ0n) is 23.8. The van der Waals surface area contributed by atoms with Crippen molar-refractivity contribution in [2.24, 2.45) is 23.5 Å². The molecule has 3 aliphatic rings. The quantitative estimate of drug-likeness (QED) is 0.266. The van der Waals surface area contributed by atoms with Crippen molar-refractivity contribution in [2.45, 2.75) is 45.2 Å². The molecule has 1 aromatic carbocycles. The summed E-state index contributed by atoms with van der Waals surface area (Å²) in [6, 6.07) is 1.00. The highest BCUT2D eigenvalue weighted by Crippen LogP contribution is 2.48. The summed E-state index contributed by atoms with van der Waals surface area (Å²) in [5.74, 6) is -4.98. The molecule has 2 aliphatic carbocycles. The van der Waals surface area contributed by atoms with Gasteiger partial charge in [0.15, 0.2) is 11.6 Å². The highest BCUT2D eigenvalue weighted by atomic mass is 16.5. The minimum Gasteiger partial charge on any atom is -0.511 e. The Hall–Kier alpha value is -3.48. The van der Waals surface area contributed by atoms with Gasteiger partial charge >= 0.3 is 6.03 Å². The van der Waals surface area contributed by atoms with Gasteiger partial charge < -0.3 is 40.9 Å². The third kappa shape index (κ3) is 5.95. The number of fused-ring (bicyclic) bond motifs is 2. The number of hydrogen-bond acceptors (Lipinski definition) is 9. The number of morpholine rings is 1. The number of likely N-dealkylation sites (N-methyl/N-ethyl adjacent to an activating group) is 1. The van der Waals surface area contributed by atoms with Crippen molar-refractivity contribution < 1.29 is 39.2 Å². The average molecular weight is 573 g/mol. The van der Waals surface area contributed by atoms with Crippen LogP contribution in [0.2, 0.25) is 0 Å². The van der Waals surface area contributed by atoms with Gasteiger partial charge in [0.05, 0.1) is 37.7 Å². The van der Waals surface area contributed by atoms with Gasteiger partial charge in [-0.15, -0.1) is 0 Å². The number of aliphatic hydroxyl groups is 2. The number of primary amides is 1. The van der Waals surface area contributed by atoms with Crippen molar-refractivity contribution in [1.29, 1.82) is 0 Å². The number of nitrogens with one attached hydrogen (secondary N) is 1. The van der Waals surface area contributed by atoms with Crippen LogP contribution in [0.3, 0.4) is 0 Å². The SMILES string of the molecule is CCc1cc(CNC(=O)N2CCOCC2)c2c(c1O)C(=O)C1=C(O)C(C(=O)CC(N)=O)C(C(CO)N(C)C)CC1C2. The van der Waals surface area contributed by atoms with Crippen LogP contribution < -0.4 is 11.1 Å². The molecule has 1 saturated heterocycles. The minimum atomic E-state index is -1.21. The van der Waals surface area contributed by atoms with Crippen molar-refractivity contribution in [3.8, 4) is 5.75 Å². The van der Waals surface area contributed by atoms with Crippen molar-refractivity contribution >= 4 is 23.5 Å². The Morgan fingerprint density at radius 2 is 1.88 bits per heavy atom. The summed E-state index contributed by atoms with van der Waals surface area (Å²) in [6.07, 6.45) is 0.366. The smallest absolute Gasteiger partial charge is 0.317 e. The Kier molecular flexibility index (Phi) is 9.35. The third-order valence-corrected chi connectivity index (χ3v) is 8.61. The third-order valence-electron chi connectivity index (χ3n) is 8.61. The predicted octanol–water partition coefficient (Wildman–Crippen LogP) is 0.667. The zero-order valence-corrected chi connectivity index (χ0v) is 23.8. The number of rotatable bonds is 9. The van der Waals surface area contributed by atoms with Crippen LogP contribution in [0.5, 0.6) is 5.75 Å². The number of nitrogens with two attached hydrogens (primary N) is 1. The summed E-state index contributed by atoms with van der Waals surface area (Å²) in [5, 5.41) is 35.7. The fourth-order valence-electron chi connectivity index (χ4n) is 6.55. The second-order valence-electron chi connectivity index (χ2n) is 11.2. The molecule has 4 atom stereocenters. The van der Waals surface area contributed by atoms with Gasteiger partial charge in [0.2, 0.25) is 5.91 Å². The van der Waals surface area contributed by atoms with E-state index in [4.69, 9.17) is 10.5 Å². The number of urea groups is 1. The van der Waals surface area contributed by atoms with Gasteiger partial charge in [0, 0.05) is 31.2 Å². The normalized spacial score (nSPS) is 23.2. The average Bonchev–Trinajstić information content (AvgIpc) is 2.92. The maximum absolute atomic E-state index is 14.0. The molecule has 3 amide bonds. The van der Waals surface area contributed by atoms with Crippen LogP contribution in [0.1, 0.15) is 46.8 Å². The number of carbonyl (C=O) groups is 4. The Morgan fingerprint density at radius 3 is 2.46 bits per heavy atom. The van der Waals surface area contributed by atoms with Gasteiger partial charge in [0.25, 0.3) is 0 Å². The molecule has 1 heterocycles. The van der Waals surface area contributed by atoms with E-state index in [0.29, 0.717) is 49.4 Å². The number of aromatic hydroxyl groups is 1. The molecule has 12 heteroatoms. The number of carbonyl (C=O) groups excluding carboxylic acids is 4. The number of aryl methyl sites for hydroxylation is 1. The van der Waals surface area contributed by atoms with Crippen LogP contribution in [0, 0.1) is 17.8 Å². The molecule has 1 fully saturated rings. The van der Waals surface area contributed by atoms with Crippen molar-refractivity contribution in [2.75, 3.05) is 47.0 Å². The van der Waals surface area contributed by atoms with E-state index in [1.807, 2.05) is 6.92 Å². The second kappa shape index (κ2) is 12.6. The van der Waals surface area contributed by atoms with E-state index >= 15 is 0 Å². The number of nitrogens with zero attached hydrogens (tertiary/aromatic N) is 2. The summed E-state index contributed by atoms with van der Waals surface area (Å²) in [6.45, 7) is 3.54. The fourth-order valence-corrected chi connectivity index (χ4v) is 6.55. The summed E-state index contributed by atoms with van der Waals surface area (Å²) < 4.78 is 5.32. The highest BCUT2D eigenvalue weighted by Gasteiger charge is 2.49. The summed E-state index contributed by atoms with van der Waals surface area (Å²) in [7, 11) is 3.49. The first-order valence-corrected chi connectivity index (χ1v) is 14.0. The lowest BCUT2D eigenvalue weighted by molar-refractivity contribution is -0.131. The summed E-state index contributed by atoms with van der Waals surface area (Å²) >= 11 is 0. The number of Topliss-reactive ketones (excluding diaryl/α,β-unsaturated/α-hetero) is 2. The maximum Gasteiger partial charge on any atom is 0.317 e. The van der Waals surface area contributed by atoms with E-state index in [1.54, 1.807) is 30.0 Å². The first-order chi connectivity index (χ1) is 19.5. The van der Waals surface area contributed by atoms with Crippen LogP contribution in [0.15, 0.2) is 17.4 Å². The number of ether oxygens (including phenoxy) is 1. The van der Waals surface area contributed by atoms with Crippen molar-refractivity contribution in [1.82, 2.24) is 15.1 Å².